The van der Waals surface area contributed by atoms with E-state index in [1.807, 2.05) is 36.4 Å². The van der Waals surface area contributed by atoms with Crippen LogP contribution in [0.25, 0.3) is 43.1 Å². The predicted molar refractivity (Wildman–Crippen MR) is 227 cm³/mol. The molecule has 0 fully saturated rings. The normalized spacial score (nSPS) is 12.7. The van der Waals surface area contributed by atoms with Gasteiger partial charge in [-0.25, -0.2) is 12.2 Å². The molecule has 0 saturated heterocycles. The van der Waals surface area contributed by atoms with E-state index < -0.39 is 0 Å². The first-order valence-corrected chi connectivity index (χ1v) is 19.9. The van der Waals surface area contributed by atoms with E-state index in [4.69, 9.17) is 23.2 Å². The Balaban J connectivity index is 0.000000157. The molecule has 0 radical (unpaired) electrons. The zero-order valence-corrected chi connectivity index (χ0v) is 35.5. The SMILES string of the molecule is Cc1cc2[cH-]c3cc(C)c(C(C)(C)C)cc3c2cc1C(C)(C)C.Clc1ccc([C](=[Zr+2])c2ccc(Cl)c3ccccc23)c2ccccc12.[C-]1=CC=CC1. The second-order valence-corrected chi connectivity index (χ2v) is 17.9. The molecule has 7 aromatic rings. The van der Waals surface area contributed by atoms with Crippen LogP contribution in [0.1, 0.15) is 81.3 Å². The summed E-state index contributed by atoms with van der Waals surface area (Å²) in [6.45, 7) is 18.3. The predicted octanol–water partition coefficient (Wildman–Crippen LogP) is 14.6. The zero-order valence-electron chi connectivity index (χ0n) is 31.5. The van der Waals surface area contributed by atoms with Gasteiger partial charge in [-0.05, 0) is 24.7 Å². The van der Waals surface area contributed by atoms with Crippen LogP contribution in [0.15, 0.2) is 121 Å². The van der Waals surface area contributed by atoms with Gasteiger partial charge in [0.25, 0.3) is 0 Å². The maximum Gasteiger partial charge on any atom is -0.109 e. The summed E-state index contributed by atoms with van der Waals surface area (Å²) in [5.74, 6) is 0. The van der Waals surface area contributed by atoms with Crippen molar-refractivity contribution in [3.05, 3.63) is 171 Å². The van der Waals surface area contributed by atoms with Crippen molar-refractivity contribution in [2.75, 3.05) is 0 Å². The van der Waals surface area contributed by atoms with Crippen LogP contribution in [-0.2, 0) is 35.1 Å². The van der Waals surface area contributed by atoms with E-state index in [1.165, 1.54) is 93.1 Å². The molecule has 0 amide bonds. The van der Waals surface area contributed by atoms with Gasteiger partial charge >= 0.3 is 166 Å². The average Bonchev–Trinajstić information content (AvgIpc) is 3.79. The summed E-state index contributed by atoms with van der Waals surface area (Å²) in [6.07, 6.45) is 10.0. The summed E-state index contributed by atoms with van der Waals surface area (Å²) >= 11 is 14.1. The molecule has 0 aliphatic heterocycles. The van der Waals surface area contributed by atoms with E-state index in [1.54, 1.807) is 0 Å². The summed E-state index contributed by atoms with van der Waals surface area (Å²) in [6, 6.07) is 36.7. The summed E-state index contributed by atoms with van der Waals surface area (Å²) in [5.41, 5.74) is 8.53. The molecule has 0 N–H and O–H groups in total. The van der Waals surface area contributed by atoms with E-state index in [9.17, 15) is 0 Å². The molecular weight excluding hydrogens is 751 g/mol. The first kappa shape index (κ1) is 38.3. The Labute approximate surface area is 334 Å². The van der Waals surface area contributed by atoms with E-state index in [0.29, 0.717) is 0 Å². The summed E-state index contributed by atoms with van der Waals surface area (Å²) in [4.78, 5) is 0. The molecule has 3 heteroatoms. The molecule has 0 saturated carbocycles. The second kappa shape index (κ2) is 15.5. The Hall–Kier alpha value is -3.48. The van der Waals surface area contributed by atoms with E-state index >= 15 is 0 Å². The van der Waals surface area contributed by atoms with E-state index in [2.05, 4.69) is 146 Å². The van der Waals surface area contributed by atoms with Crippen LogP contribution in [0.4, 0.5) is 0 Å². The third kappa shape index (κ3) is 8.04. The van der Waals surface area contributed by atoms with Crippen molar-refractivity contribution >= 4 is 69.5 Å². The molecule has 0 spiro atoms. The minimum absolute atomic E-state index is 0.180. The van der Waals surface area contributed by atoms with Crippen molar-refractivity contribution in [3.63, 3.8) is 0 Å². The fraction of sp³-hybridized carbons (Fsp3) is 0.224. The molecule has 0 bridgehead atoms. The number of hydrogen-bond donors (Lipinski definition) is 0. The fourth-order valence-corrected chi connectivity index (χ4v) is 8.92. The first-order valence-electron chi connectivity index (χ1n) is 18.0. The number of halogens is 2. The smallest absolute Gasteiger partial charge is 0.109 e. The molecule has 1 aliphatic carbocycles. The number of rotatable bonds is 2. The van der Waals surface area contributed by atoms with Gasteiger partial charge in [-0.1, -0.05) is 75.9 Å². The van der Waals surface area contributed by atoms with E-state index in [0.717, 1.165) is 27.2 Å². The molecule has 0 heterocycles. The fourth-order valence-electron chi connectivity index (χ4n) is 7.40. The van der Waals surface area contributed by atoms with Gasteiger partial charge in [-0.15, -0.1) is 46.2 Å². The van der Waals surface area contributed by atoms with Gasteiger partial charge in [-0.2, -0.15) is 6.08 Å². The molecule has 260 valence electrons. The minimum Gasteiger partial charge on any atom is -0.273 e. The molecule has 8 rings (SSSR count). The van der Waals surface area contributed by atoms with E-state index in [-0.39, 0.29) is 10.8 Å². The van der Waals surface area contributed by atoms with Gasteiger partial charge in [-0.3, -0.25) is 6.08 Å². The molecule has 7 aromatic carbocycles. The Morgan fingerprint density at radius 2 is 1.02 bits per heavy atom. The Bertz CT molecular complexity index is 2340. The van der Waals surface area contributed by atoms with Crippen LogP contribution in [0, 0.1) is 19.9 Å². The molecular formula is C49H46Cl2Zr. The Kier molecular flexibility index (Phi) is 11.4. The maximum absolute atomic E-state index is 6.38. The summed E-state index contributed by atoms with van der Waals surface area (Å²) < 4.78 is 1.31. The van der Waals surface area contributed by atoms with Gasteiger partial charge in [0.05, 0.1) is 0 Å². The van der Waals surface area contributed by atoms with Gasteiger partial charge in [0.2, 0.25) is 0 Å². The van der Waals surface area contributed by atoms with Gasteiger partial charge in [0.15, 0.2) is 0 Å². The van der Waals surface area contributed by atoms with Crippen LogP contribution < -0.4 is 0 Å². The Morgan fingerprint density at radius 1 is 0.596 bits per heavy atom. The van der Waals surface area contributed by atoms with Crippen LogP contribution in [0.2, 0.25) is 10.0 Å². The quantitative estimate of drug-likeness (QED) is 0.153. The minimum atomic E-state index is 0.180. The number of allylic oxidation sites excluding steroid dienone is 4. The number of benzene rings is 6. The van der Waals surface area contributed by atoms with Crippen LogP contribution in [-0.4, -0.2) is 3.21 Å². The van der Waals surface area contributed by atoms with Crippen molar-refractivity contribution in [1.82, 2.24) is 0 Å². The first-order chi connectivity index (χ1) is 24.6. The number of hydrogen-bond acceptors (Lipinski definition) is 0. The van der Waals surface area contributed by atoms with Gasteiger partial charge < -0.3 is 0 Å². The van der Waals surface area contributed by atoms with Crippen LogP contribution >= 0.6 is 23.2 Å². The average molecular weight is 797 g/mol. The molecule has 0 unspecified atom stereocenters. The monoisotopic (exact) mass is 794 g/mol. The molecule has 0 nitrogen and oxygen atoms in total. The standard InChI is InChI=1S/C23H29.C21H12Cl2.C5H5.Zr/c1-14-9-16-11-17-10-15(2)21(23(6,7)8)13-19(17)18(16)12-20(14)22(3,4)5;22-20-11-9-14(16-5-1-3-7-18(16)20)13-15-10-12-21(23)19-8-4-2-6-17(15)19;1-2-4-5-3-1;/h9-13H,1-8H3;1-12H;1-3H,4H2;/q-1;;-1;+2. The topological polar surface area (TPSA) is 0 Å². The molecule has 52 heavy (non-hydrogen) atoms. The third-order valence-electron chi connectivity index (χ3n) is 9.88. The zero-order chi connectivity index (χ0) is 37.4. The second-order valence-electron chi connectivity index (χ2n) is 15.8. The van der Waals surface area contributed by atoms with Crippen molar-refractivity contribution in [3.8, 4) is 0 Å². The van der Waals surface area contributed by atoms with Crippen molar-refractivity contribution < 1.29 is 24.2 Å². The van der Waals surface area contributed by atoms with Gasteiger partial charge in [0.1, 0.15) is 0 Å². The van der Waals surface area contributed by atoms with Crippen molar-refractivity contribution in [2.45, 2.75) is 72.6 Å². The van der Waals surface area contributed by atoms with Gasteiger partial charge in [0, 0.05) is 0 Å². The molecule has 0 atom stereocenters. The third-order valence-corrected chi connectivity index (χ3v) is 11.9. The summed E-state index contributed by atoms with van der Waals surface area (Å²) in [7, 11) is 0. The van der Waals surface area contributed by atoms with Crippen LogP contribution in [0.3, 0.4) is 0 Å². The maximum atomic E-state index is 6.38. The molecule has 0 aromatic heterocycles. The van der Waals surface area contributed by atoms with Crippen molar-refractivity contribution in [2.24, 2.45) is 0 Å². The van der Waals surface area contributed by atoms with Crippen LogP contribution in [0.5, 0.6) is 0 Å². The number of fused-ring (bicyclic) bond motifs is 5. The molecule has 1 aliphatic rings. The summed E-state index contributed by atoms with van der Waals surface area (Å²) in [5, 5.41) is 11.7. The number of aryl methyl sites for hydroxylation is 2. The largest absolute Gasteiger partial charge is 0.273 e. The van der Waals surface area contributed by atoms with Crippen molar-refractivity contribution in [1.29, 1.82) is 0 Å². The Morgan fingerprint density at radius 3 is 1.37 bits per heavy atom.